The molecule has 110 valence electrons. The van der Waals surface area contributed by atoms with E-state index in [9.17, 15) is 0 Å². The van der Waals surface area contributed by atoms with E-state index in [-0.39, 0.29) is 5.54 Å². The lowest BCUT2D eigenvalue weighted by molar-refractivity contribution is 0.0739. The smallest absolute Gasteiger partial charge is 0.0338 e. The molecule has 0 aromatic heterocycles. The number of nitrogens with zero attached hydrogens (tertiary/aromatic N) is 1. The maximum Gasteiger partial charge on any atom is 0.0338 e. The normalized spacial score (nSPS) is 31.0. The lowest BCUT2D eigenvalue weighted by Crippen LogP contribution is -2.51. The number of hydrogen-bond donors (Lipinski definition) is 1. The summed E-state index contributed by atoms with van der Waals surface area (Å²) in [5.74, 6) is 0.924. The number of nitrogens with two attached hydrogens (primary N) is 1. The first-order valence-electron chi connectivity index (χ1n) is 8.29. The zero-order valence-corrected chi connectivity index (χ0v) is 12.8. The first-order chi connectivity index (χ1) is 9.77. The SMILES string of the molecule is CCC1CCCC(CN)(N2Cc3ccccc3C2)CC1. The highest BCUT2D eigenvalue weighted by molar-refractivity contribution is 5.31. The summed E-state index contributed by atoms with van der Waals surface area (Å²) in [6, 6.07) is 8.89. The summed E-state index contributed by atoms with van der Waals surface area (Å²) < 4.78 is 0. The van der Waals surface area contributed by atoms with Crippen molar-refractivity contribution in [2.45, 2.75) is 64.1 Å². The Bertz CT molecular complexity index is 431. The molecule has 0 spiro atoms. The van der Waals surface area contributed by atoms with Gasteiger partial charge in [-0.1, -0.05) is 50.5 Å². The van der Waals surface area contributed by atoms with Crippen LogP contribution in [0.2, 0.25) is 0 Å². The van der Waals surface area contributed by atoms with Gasteiger partial charge in [0.1, 0.15) is 0 Å². The average molecular weight is 272 g/mol. The van der Waals surface area contributed by atoms with Gasteiger partial charge < -0.3 is 5.73 Å². The maximum atomic E-state index is 6.27. The quantitative estimate of drug-likeness (QED) is 0.850. The van der Waals surface area contributed by atoms with Crippen LogP contribution in [0.5, 0.6) is 0 Å². The number of hydrogen-bond acceptors (Lipinski definition) is 2. The van der Waals surface area contributed by atoms with Gasteiger partial charge in [0.15, 0.2) is 0 Å². The number of rotatable bonds is 3. The molecule has 1 saturated carbocycles. The Kier molecular flexibility index (Phi) is 4.13. The largest absolute Gasteiger partial charge is 0.329 e. The van der Waals surface area contributed by atoms with Crippen LogP contribution in [0.25, 0.3) is 0 Å². The van der Waals surface area contributed by atoms with Gasteiger partial charge in [0, 0.05) is 25.2 Å². The third-order valence-electron chi connectivity index (χ3n) is 5.74. The van der Waals surface area contributed by atoms with Crippen LogP contribution in [-0.2, 0) is 13.1 Å². The Labute approximate surface area is 123 Å². The molecular weight excluding hydrogens is 244 g/mol. The molecule has 2 aliphatic rings. The van der Waals surface area contributed by atoms with Crippen molar-refractivity contribution in [1.82, 2.24) is 4.90 Å². The van der Waals surface area contributed by atoms with E-state index < -0.39 is 0 Å². The third kappa shape index (κ3) is 2.51. The topological polar surface area (TPSA) is 29.3 Å². The molecule has 2 N–H and O–H groups in total. The minimum Gasteiger partial charge on any atom is -0.329 e. The van der Waals surface area contributed by atoms with Crippen LogP contribution < -0.4 is 5.73 Å². The van der Waals surface area contributed by atoms with Crippen LogP contribution in [0, 0.1) is 5.92 Å². The lowest BCUT2D eigenvalue weighted by atomic mass is 9.87. The van der Waals surface area contributed by atoms with Gasteiger partial charge in [-0.15, -0.1) is 0 Å². The van der Waals surface area contributed by atoms with Crippen LogP contribution in [0.15, 0.2) is 24.3 Å². The third-order valence-corrected chi connectivity index (χ3v) is 5.74. The molecule has 0 bridgehead atoms. The summed E-state index contributed by atoms with van der Waals surface area (Å²) in [4.78, 5) is 2.68. The van der Waals surface area contributed by atoms with E-state index >= 15 is 0 Å². The highest BCUT2D eigenvalue weighted by Gasteiger charge is 2.39. The Balaban J connectivity index is 1.77. The van der Waals surface area contributed by atoms with E-state index in [4.69, 9.17) is 5.73 Å². The van der Waals surface area contributed by atoms with Crippen molar-refractivity contribution < 1.29 is 0 Å². The molecule has 2 nitrogen and oxygen atoms in total. The van der Waals surface area contributed by atoms with E-state index in [2.05, 4.69) is 36.1 Å². The zero-order valence-electron chi connectivity index (χ0n) is 12.8. The molecule has 20 heavy (non-hydrogen) atoms. The van der Waals surface area contributed by atoms with Crippen molar-refractivity contribution in [3.63, 3.8) is 0 Å². The van der Waals surface area contributed by atoms with Crippen molar-refractivity contribution in [1.29, 1.82) is 0 Å². The monoisotopic (exact) mass is 272 g/mol. The Morgan fingerprint density at radius 2 is 1.85 bits per heavy atom. The van der Waals surface area contributed by atoms with E-state index in [0.29, 0.717) is 0 Å². The zero-order chi connectivity index (χ0) is 14.0. The summed E-state index contributed by atoms with van der Waals surface area (Å²) >= 11 is 0. The fourth-order valence-electron chi connectivity index (χ4n) is 4.19. The van der Waals surface area contributed by atoms with Gasteiger partial charge in [-0.3, -0.25) is 4.90 Å². The number of benzene rings is 1. The molecule has 2 unspecified atom stereocenters. The van der Waals surface area contributed by atoms with Crippen LogP contribution in [-0.4, -0.2) is 17.0 Å². The standard InChI is InChI=1S/C18H28N2/c1-2-15-6-5-10-18(14-19,11-9-15)20-12-16-7-3-4-8-17(16)13-20/h3-4,7-8,15H,2,5-6,9-14,19H2,1H3. The van der Waals surface area contributed by atoms with Gasteiger partial charge in [0.25, 0.3) is 0 Å². The predicted octanol–water partition coefficient (Wildman–Crippen LogP) is 3.69. The molecule has 1 aliphatic heterocycles. The summed E-state index contributed by atoms with van der Waals surface area (Å²) in [5, 5.41) is 0. The van der Waals surface area contributed by atoms with E-state index in [1.54, 1.807) is 0 Å². The Morgan fingerprint density at radius 3 is 2.45 bits per heavy atom. The molecule has 3 rings (SSSR count). The molecular formula is C18H28N2. The minimum absolute atomic E-state index is 0.253. The summed E-state index contributed by atoms with van der Waals surface area (Å²) in [5.41, 5.74) is 9.54. The van der Waals surface area contributed by atoms with Gasteiger partial charge in [0.05, 0.1) is 0 Å². The van der Waals surface area contributed by atoms with Gasteiger partial charge in [-0.2, -0.15) is 0 Å². The molecule has 1 aliphatic carbocycles. The summed E-state index contributed by atoms with van der Waals surface area (Å²) in [6.45, 7) is 5.36. The van der Waals surface area contributed by atoms with E-state index in [0.717, 1.165) is 25.6 Å². The maximum absolute atomic E-state index is 6.27. The Morgan fingerprint density at radius 1 is 1.15 bits per heavy atom. The average Bonchev–Trinajstić information content (AvgIpc) is 2.81. The van der Waals surface area contributed by atoms with Crippen LogP contribution in [0.3, 0.4) is 0 Å². The van der Waals surface area contributed by atoms with Crippen molar-refractivity contribution in [3.8, 4) is 0 Å². The molecule has 0 saturated heterocycles. The minimum atomic E-state index is 0.253. The first-order valence-corrected chi connectivity index (χ1v) is 8.29. The molecule has 2 atom stereocenters. The molecule has 1 aromatic rings. The predicted molar refractivity (Wildman–Crippen MR) is 84.3 cm³/mol. The van der Waals surface area contributed by atoms with Crippen LogP contribution >= 0.6 is 0 Å². The van der Waals surface area contributed by atoms with Crippen molar-refractivity contribution in [3.05, 3.63) is 35.4 Å². The molecule has 0 amide bonds. The molecule has 1 heterocycles. The van der Waals surface area contributed by atoms with Crippen molar-refractivity contribution >= 4 is 0 Å². The van der Waals surface area contributed by atoms with E-state index in [1.807, 2.05) is 0 Å². The van der Waals surface area contributed by atoms with Crippen molar-refractivity contribution in [2.75, 3.05) is 6.54 Å². The van der Waals surface area contributed by atoms with Gasteiger partial charge in [0.2, 0.25) is 0 Å². The van der Waals surface area contributed by atoms with Crippen molar-refractivity contribution in [2.24, 2.45) is 11.7 Å². The molecule has 1 fully saturated rings. The highest BCUT2D eigenvalue weighted by Crippen LogP contribution is 2.39. The highest BCUT2D eigenvalue weighted by atomic mass is 15.2. The van der Waals surface area contributed by atoms with Gasteiger partial charge in [-0.05, 0) is 36.3 Å². The van der Waals surface area contributed by atoms with Gasteiger partial charge >= 0.3 is 0 Å². The summed E-state index contributed by atoms with van der Waals surface area (Å²) in [7, 11) is 0. The lowest BCUT2D eigenvalue weighted by Gasteiger charge is -2.41. The molecule has 2 heteroatoms. The second-order valence-electron chi connectivity index (χ2n) is 6.76. The second-order valence-corrected chi connectivity index (χ2v) is 6.76. The van der Waals surface area contributed by atoms with Gasteiger partial charge in [-0.25, -0.2) is 0 Å². The fraction of sp³-hybridized carbons (Fsp3) is 0.667. The Hall–Kier alpha value is -0.860. The van der Waals surface area contributed by atoms with E-state index in [1.165, 1.54) is 49.7 Å². The first kappa shape index (κ1) is 14.1. The molecule has 1 aromatic carbocycles. The second kappa shape index (κ2) is 5.87. The molecule has 0 radical (unpaired) electrons. The van der Waals surface area contributed by atoms with Crippen LogP contribution in [0.1, 0.15) is 56.6 Å². The number of fused-ring (bicyclic) bond motifs is 1. The fourth-order valence-corrected chi connectivity index (χ4v) is 4.19. The summed E-state index contributed by atoms with van der Waals surface area (Å²) in [6.07, 6.45) is 8.02. The van der Waals surface area contributed by atoms with Crippen LogP contribution in [0.4, 0.5) is 0 Å².